The van der Waals surface area contributed by atoms with Gasteiger partial charge in [-0.25, -0.2) is 12.8 Å². The van der Waals surface area contributed by atoms with Gasteiger partial charge in [0, 0.05) is 18.4 Å². The maximum absolute atomic E-state index is 13.8. The monoisotopic (exact) mass is 333 g/mol. The lowest BCUT2D eigenvalue weighted by Gasteiger charge is -2.12. The molecule has 0 aromatic heterocycles. The van der Waals surface area contributed by atoms with Crippen LogP contribution in [0.4, 0.5) is 4.39 Å². The Hall–Kier alpha value is -1.72. The fourth-order valence-electron chi connectivity index (χ4n) is 3.12. The van der Waals surface area contributed by atoms with Crippen molar-refractivity contribution in [2.75, 3.05) is 12.8 Å². The summed E-state index contributed by atoms with van der Waals surface area (Å²) in [7, 11) is -3.31. The Kier molecular flexibility index (Phi) is 4.50. The Morgan fingerprint density at radius 3 is 2.39 bits per heavy atom. The van der Waals surface area contributed by atoms with Crippen molar-refractivity contribution >= 4 is 9.84 Å². The third-order valence-corrected chi connectivity index (χ3v) is 5.44. The van der Waals surface area contributed by atoms with E-state index in [2.05, 4.69) is 29.6 Å². The van der Waals surface area contributed by atoms with Gasteiger partial charge >= 0.3 is 0 Å². The summed E-state index contributed by atoms with van der Waals surface area (Å²) in [5.74, 6) is 0.133. The molecule has 0 saturated heterocycles. The Morgan fingerprint density at radius 2 is 1.78 bits per heavy atom. The molecule has 0 saturated carbocycles. The van der Waals surface area contributed by atoms with E-state index in [1.807, 2.05) is 0 Å². The van der Waals surface area contributed by atoms with Crippen LogP contribution >= 0.6 is 0 Å². The topological polar surface area (TPSA) is 46.2 Å². The van der Waals surface area contributed by atoms with Crippen molar-refractivity contribution in [3.8, 4) is 0 Å². The second-order valence-corrected chi connectivity index (χ2v) is 8.22. The van der Waals surface area contributed by atoms with Gasteiger partial charge < -0.3 is 5.32 Å². The normalized spacial score (nSPS) is 14.9. The van der Waals surface area contributed by atoms with Crippen molar-refractivity contribution in [1.82, 2.24) is 5.32 Å². The van der Waals surface area contributed by atoms with E-state index in [-0.39, 0.29) is 10.7 Å². The standard InChI is InChI=1S/C18H20FNO2S/c1-23(21,22)17-6-7-18(19)16(10-17)12-20-11-13-8-14-4-2-3-5-15(14)9-13/h2-7,10,13,20H,8-9,11-12H2,1H3. The summed E-state index contributed by atoms with van der Waals surface area (Å²) in [5.41, 5.74) is 3.18. The summed E-state index contributed by atoms with van der Waals surface area (Å²) in [5, 5.41) is 3.26. The smallest absolute Gasteiger partial charge is 0.175 e. The Labute approximate surface area is 136 Å². The highest BCUT2D eigenvalue weighted by Gasteiger charge is 2.20. The minimum Gasteiger partial charge on any atom is -0.312 e. The molecule has 0 fully saturated rings. The summed E-state index contributed by atoms with van der Waals surface area (Å²) >= 11 is 0. The van der Waals surface area contributed by atoms with Crippen molar-refractivity contribution in [2.45, 2.75) is 24.3 Å². The molecule has 1 aliphatic rings. The summed E-state index contributed by atoms with van der Waals surface area (Å²) in [6.07, 6.45) is 3.21. The fraction of sp³-hybridized carbons (Fsp3) is 0.333. The van der Waals surface area contributed by atoms with E-state index >= 15 is 0 Å². The molecule has 3 rings (SSSR count). The number of hydrogen-bond acceptors (Lipinski definition) is 3. The molecular formula is C18H20FNO2S. The maximum atomic E-state index is 13.8. The largest absolute Gasteiger partial charge is 0.312 e. The van der Waals surface area contributed by atoms with Crippen molar-refractivity contribution in [1.29, 1.82) is 0 Å². The SMILES string of the molecule is CS(=O)(=O)c1ccc(F)c(CNCC2Cc3ccccc3C2)c1. The zero-order valence-corrected chi connectivity index (χ0v) is 13.9. The lowest BCUT2D eigenvalue weighted by atomic mass is 10.1. The number of nitrogens with one attached hydrogen (secondary N) is 1. The first-order valence-corrected chi connectivity index (χ1v) is 9.58. The van der Waals surface area contributed by atoms with Gasteiger partial charge in [-0.15, -0.1) is 0 Å². The van der Waals surface area contributed by atoms with Gasteiger partial charge in [0.25, 0.3) is 0 Å². The quantitative estimate of drug-likeness (QED) is 0.856. The zero-order valence-electron chi connectivity index (χ0n) is 13.0. The molecule has 1 N–H and O–H groups in total. The number of rotatable bonds is 5. The first-order valence-electron chi connectivity index (χ1n) is 7.69. The average Bonchev–Trinajstić information content (AvgIpc) is 2.90. The molecule has 3 nitrogen and oxygen atoms in total. The molecule has 2 aromatic rings. The van der Waals surface area contributed by atoms with E-state index in [4.69, 9.17) is 0 Å². The van der Waals surface area contributed by atoms with Crippen LogP contribution in [0.15, 0.2) is 47.4 Å². The molecule has 2 aromatic carbocycles. The van der Waals surface area contributed by atoms with Gasteiger partial charge in [0.1, 0.15) is 5.82 Å². The third kappa shape index (κ3) is 3.79. The molecule has 0 unspecified atom stereocenters. The van der Waals surface area contributed by atoms with E-state index in [1.54, 1.807) is 0 Å². The highest BCUT2D eigenvalue weighted by Crippen LogP contribution is 2.26. The Bertz CT molecular complexity index is 793. The number of fused-ring (bicyclic) bond motifs is 1. The van der Waals surface area contributed by atoms with E-state index in [9.17, 15) is 12.8 Å². The van der Waals surface area contributed by atoms with Crippen LogP contribution in [0.25, 0.3) is 0 Å². The van der Waals surface area contributed by atoms with Crippen LogP contribution in [0.3, 0.4) is 0 Å². The molecule has 5 heteroatoms. The number of sulfone groups is 1. The predicted molar refractivity (Wildman–Crippen MR) is 88.6 cm³/mol. The van der Waals surface area contributed by atoms with E-state index in [0.717, 1.165) is 25.6 Å². The van der Waals surface area contributed by atoms with Gasteiger partial charge in [-0.2, -0.15) is 0 Å². The van der Waals surface area contributed by atoms with E-state index in [0.29, 0.717) is 18.0 Å². The van der Waals surface area contributed by atoms with Gasteiger partial charge in [0.15, 0.2) is 9.84 Å². The highest BCUT2D eigenvalue weighted by atomic mass is 32.2. The van der Waals surface area contributed by atoms with Crippen molar-refractivity contribution in [2.24, 2.45) is 5.92 Å². The molecule has 1 aliphatic carbocycles. The second-order valence-electron chi connectivity index (χ2n) is 6.20. The van der Waals surface area contributed by atoms with E-state index in [1.165, 1.54) is 29.3 Å². The first kappa shape index (κ1) is 16.1. The third-order valence-electron chi connectivity index (χ3n) is 4.33. The van der Waals surface area contributed by atoms with Crippen LogP contribution in [-0.2, 0) is 29.2 Å². The molecule has 0 heterocycles. The van der Waals surface area contributed by atoms with Gasteiger partial charge in [-0.05, 0) is 54.6 Å². The van der Waals surface area contributed by atoms with Gasteiger partial charge in [-0.3, -0.25) is 0 Å². The fourth-order valence-corrected chi connectivity index (χ4v) is 3.79. The lowest BCUT2D eigenvalue weighted by molar-refractivity contribution is 0.490. The Balaban J connectivity index is 1.60. The van der Waals surface area contributed by atoms with Crippen LogP contribution < -0.4 is 5.32 Å². The first-order chi connectivity index (χ1) is 10.9. The van der Waals surface area contributed by atoms with Gasteiger partial charge in [0.2, 0.25) is 0 Å². The Morgan fingerprint density at radius 1 is 1.13 bits per heavy atom. The molecule has 122 valence electrons. The predicted octanol–water partition coefficient (Wildman–Crippen LogP) is 2.73. The van der Waals surface area contributed by atoms with Gasteiger partial charge in [-0.1, -0.05) is 24.3 Å². The average molecular weight is 333 g/mol. The minimum absolute atomic E-state index is 0.156. The molecule has 0 atom stereocenters. The number of benzene rings is 2. The molecule has 0 aliphatic heterocycles. The van der Waals surface area contributed by atoms with Crippen molar-refractivity contribution < 1.29 is 12.8 Å². The lowest BCUT2D eigenvalue weighted by Crippen LogP contribution is -2.23. The zero-order chi connectivity index (χ0) is 16.4. The van der Waals surface area contributed by atoms with Gasteiger partial charge in [0.05, 0.1) is 4.90 Å². The highest BCUT2D eigenvalue weighted by molar-refractivity contribution is 7.90. The van der Waals surface area contributed by atoms with Crippen molar-refractivity contribution in [3.05, 3.63) is 65.0 Å². The summed E-state index contributed by atoms with van der Waals surface area (Å²) < 4.78 is 37.0. The second kappa shape index (κ2) is 6.42. The van der Waals surface area contributed by atoms with Crippen LogP contribution in [0.2, 0.25) is 0 Å². The molecular weight excluding hydrogens is 313 g/mol. The number of halogens is 1. The molecule has 0 radical (unpaired) electrons. The maximum Gasteiger partial charge on any atom is 0.175 e. The number of hydrogen-bond donors (Lipinski definition) is 1. The van der Waals surface area contributed by atoms with Crippen LogP contribution in [0, 0.1) is 11.7 Å². The van der Waals surface area contributed by atoms with E-state index < -0.39 is 9.84 Å². The summed E-state index contributed by atoms with van der Waals surface area (Å²) in [6.45, 7) is 1.12. The van der Waals surface area contributed by atoms with Crippen LogP contribution in [0.1, 0.15) is 16.7 Å². The van der Waals surface area contributed by atoms with Crippen LogP contribution in [-0.4, -0.2) is 21.2 Å². The van der Waals surface area contributed by atoms with Crippen molar-refractivity contribution in [3.63, 3.8) is 0 Å². The minimum atomic E-state index is -3.31. The summed E-state index contributed by atoms with van der Waals surface area (Å²) in [6, 6.07) is 12.4. The molecule has 0 spiro atoms. The molecule has 0 amide bonds. The molecule has 23 heavy (non-hydrogen) atoms. The van der Waals surface area contributed by atoms with Crippen LogP contribution in [0.5, 0.6) is 0 Å². The summed E-state index contributed by atoms with van der Waals surface area (Å²) in [4.78, 5) is 0.156. The molecule has 0 bridgehead atoms.